The van der Waals surface area contributed by atoms with E-state index in [1.807, 2.05) is 31.2 Å². The van der Waals surface area contributed by atoms with E-state index in [-0.39, 0.29) is 18.0 Å². The van der Waals surface area contributed by atoms with Crippen molar-refractivity contribution in [1.29, 1.82) is 0 Å². The molecule has 1 aliphatic heterocycles. The molecule has 15 heavy (non-hydrogen) atoms. The van der Waals surface area contributed by atoms with E-state index < -0.39 is 0 Å². The molecule has 1 amide bonds. The first-order valence-corrected chi connectivity index (χ1v) is 5.34. The molecule has 1 heterocycles. The average Bonchev–Trinajstić information content (AvgIpc) is 2.22. The first kappa shape index (κ1) is 10.5. The minimum Gasteiger partial charge on any atom is -0.353 e. The van der Waals surface area contributed by atoms with Gasteiger partial charge in [-0.3, -0.25) is 10.1 Å². The average molecular weight is 225 g/mol. The van der Waals surface area contributed by atoms with Gasteiger partial charge in [-0.1, -0.05) is 23.7 Å². The SMILES string of the molecule is CC1NC(c2cccc(Cl)c2)CNC1=O. The molecule has 3 nitrogen and oxygen atoms in total. The number of hydrogen-bond acceptors (Lipinski definition) is 2. The van der Waals surface area contributed by atoms with E-state index in [1.54, 1.807) is 0 Å². The molecular weight excluding hydrogens is 212 g/mol. The molecular formula is C11H13ClN2O. The standard InChI is InChI=1S/C11H13ClN2O/c1-7-11(15)13-6-10(14-7)8-3-2-4-9(12)5-8/h2-5,7,10,14H,6H2,1H3,(H,13,15). The predicted octanol–water partition coefficient (Wildman–Crippen LogP) is 1.49. The number of hydrogen-bond donors (Lipinski definition) is 2. The molecule has 1 aromatic carbocycles. The van der Waals surface area contributed by atoms with Crippen molar-refractivity contribution < 1.29 is 4.79 Å². The fraction of sp³-hybridized carbons (Fsp3) is 0.364. The second-order valence-corrected chi connectivity index (χ2v) is 4.18. The molecule has 4 heteroatoms. The molecule has 0 aromatic heterocycles. The third kappa shape index (κ3) is 2.30. The van der Waals surface area contributed by atoms with Gasteiger partial charge in [-0.05, 0) is 24.6 Å². The summed E-state index contributed by atoms with van der Waals surface area (Å²) in [6.07, 6.45) is 0. The van der Waals surface area contributed by atoms with Crippen LogP contribution in [-0.2, 0) is 4.79 Å². The molecule has 0 aliphatic carbocycles. The molecule has 2 unspecified atom stereocenters. The number of rotatable bonds is 1. The van der Waals surface area contributed by atoms with Gasteiger partial charge in [-0.15, -0.1) is 0 Å². The van der Waals surface area contributed by atoms with E-state index in [2.05, 4.69) is 10.6 Å². The summed E-state index contributed by atoms with van der Waals surface area (Å²) in [5.41, 5.74) is 1.11. The highest BCUT2D eigenvalue weighted by atomic mass is 35.5. The number of nitrogens with one attached hydrogen (secondary N) is 2. The van der Waals surface area contributed by atoms with Gasteiger partial charge >= 0.3 is 0 Å². The van der Waals surface area contributed by atoms with Crippen molar-refractivity contribution in [3.63, 3.8) is 0 Å². The smallest absolute Gasteiger partial charge is 0.236 e. The number of amides is 1. The summed E-state index contributed by atoms with van der Waals surface area (Å²) in [6.45, 7) is 2.47. The topological polar surface area (TPSA) is 41.1 Å². The maximum atomic E-state index is 11.2. The summed E-state index contributed by atoms with van der Waals surface area (Å²) in [6, 6.07) is 7.69. The lowest BCUT2D eigenvalue weighted by atomic mass is 10.0. The Bertz CT molecular complexity index is 381. The lowest BCUT2D eigenvalue weighted by Crippen LogP contribution is -2.52. The van der Waals surface area contributed by atoms with Crippen LogP contribution in [0.3, 0.4) is 0 Å². The third-order valence-corrected chi connectivity index (χ3v) is 2.81. The zero-order valence-corrected chi connectivity index (χ0v) is 9.21. The molecule has 1 aliphatic rings. The van der Waals surface area contributed by atoms with Crippen molar-refractivity contribution in [2.24, 2.45) is 0 Å². The van der Waals surface area contributed by atoms with Gasteiger partial charge in [0.1, 0.15) is 0 Å². The fourth-order valence-corrected chi connectivity index (χ4v) is 1.93. The molecule has 0 bridgehead atoms. The lowest BCUT2D eigenvalue weighted by Gasteiger charge is -2.29. The van der Waals surface area contributed by atoms with Crippen LogP contribution in [0.15, 0.2) is 24.3 Å². The highest BCUT2D eigenvalue weighted by Gasteiger charge is 2.24. The van der Waals surface area contributed by atoms with Crippen molar-refractivity contribution in [2.45, 2.75) is 19.0 Å². The van der Waals surface area contributed by atoms with Crippen LogP contribution in [0.5, 0.6) is 0 Å². The summed E-state index contributed by atoms with van der Waals surface area (Å²) in [7, 11) is 0. The molecule has 2 rings (SSSR count). The number of benzene rings is 1. The van der Waals surface area contributed by atoms with Gasteiger partial charge in [0, 0.05) is 11.6 Å². The van der Waals surface area contributed by atoms with Gasteiger partial charge in [0.25, 0.3) is 0 Å². The summed E-state index contributed by atoms with van der Waals surface area (Å²) in [4.78, 5) is 11.2. The first-order chi connectivity index (χ1) is 7.16. The molecule has 0 radical (unpaired) electrons. The molecule has 80 valence electrons. The van der Waals surface area contributed by atoms with E-state index >= 15 is 0 Å². The monoisotopic (exact) mass is 224 g/mol. The molecule has 1 aromatic rings. The molecule has 0 spiro atoms. The van der Waals surface area contributed by atoms with E-state index in [0.717, 1.165) is 10.6 Å². The third-order valence-electron chi connectivity index (χ3n) is 2.58. The Hall–Kier alpha value is -1.06. The predicted molar refractivity (Wildman–Crippen MR) is 59.8 cm³/mol. The number of carbonyl (C=O) groups is 1. The minimum atomic E-state index is -0.150. The highest BCUT2D eigenvalue weighted by Crippen LogP contribution is 2.19. The molecule has 1 saturated heterocycles. The Morgan fingerprint density at radius 2 is 2.27 bits per heavy atom. The first-order valence-electron chi connectivity index (χ1n) is 4.96. The summed E-state index contributed by atoms with van der Waals surface area (Å²) >= 11 is 5.91. The molecule has 2 atom stereocenters. The van der Waals surface area contributed by atoms with Crippen LogP contribution in [0.25, 0.3) is 0 Å². The zero-order chi connectivity index (χ0) is 10.8. The number of carbonyl (C=O) groups excluding carboxylic acids is 1. The van der Waals surface area contributed by atoms with Gasteiger partial charge in [0.05, 0.1) is 12.1 Å². The Kier molecular flexibility index (Phi) is 2.93. The second-order valence-electron chi connectivity index (χ2n) is 3.74. The van der Waals surface area contributed by atoms with Crippen molar-refractivity contribution in [3.8, 4) is 0 Å². The maximum absolute atomic E-state index is 11.2. The Morgan fingerprint density at radius 1 is 1.47 bits per heavy atom. The van der Waals surface area contributed by atoms with Crippen LogP contribution in [0.1, 0.15) is 18.5 Å². The number of halogens is 1. The number of piperazine rings is 1. The highest BCUT2D eigenvalue weighted by molar-refractivity contribution is 6.30. The largest absolute Gasteiger partial charge is 0.353 e. The van der Waals surface area contributed by atoms with E-state index in [9.17, 15) is 4.79 Å². The van der Waals surface area contributed by atoms with Crippen LogP contribution in [0, 0.1) is 0 Å². The Labute approximate surface area is 93.8 Å². The van der Waals surface area contributed by atoms with E-state index in [4.69, 9.17) is 11.6 Å². The normalized spacial score (nSPS) is 26.1. The van der Waals surface area contributed by atoms with Crippen molar-refractivity contribution in [1.82, 2.24) is 10.6 Å². The molecule has 1 fully saturated rings. The fourth-order valence-electron chi connectivity index (χ4n) is 1.73. The Balaban J connectivity index is 2.15. The molecule has 0 saturated carbocycles. The van der Waals surface area contributed by atoms with Crippen LogP contribution in [0.2, 0.25) is 5.02 Å². The summed E-state index contributed by atoms with van der Waals surface area (Å²) in [5.74, 6) is 0.0493. The lowest BCUT2D eigenvalue weighted by molar-refractivity contribution is -0.124. The Morgan fingerprint density at radius 3 is 2.93 bits per heavy atom. The van der Waals surface area contributed by atoms with E-state index in [1.165, 1.54) is 0 Å². The maximum Gasteiger partial charge on any atom is 0.236 e. The van der Waals surface area contributed by atoms with Crippen LogP contribution < -0.4 is 10.6 Å². The van der Waals surface area contributed by atoms with Crippen LogP contribution in [-0.4, -0.2) is 18.5 Å². The van der Waals surface area contributed by atoms with Crippen molar-refractivity contribution in [3.05, 3.63) is 34.9 Å². The van der Waals surface area contributed by atoms with Crippen molar-refractivity contribution in [2.75, 3.05) is 6.54 Å². The van der Waals surface area contributed by atoms with Crippen molar-refractivity contribution >= 4 is 17.5 Å². The van der Waals surface area contributed by atoms with Crippen LogP contribution in [0.4, 0.5) is 0 Å². The molecule has 2 N–H and O–H groups in total. The second kappa shape index (κ2) is 4.21. The van der Waals surface area contributed by atoms with Gasteiger partial charge in [-0.2, -0.15) is 0 Å². The van der Waals surface area contributed by atoms with Gasteiger partial charge in [-0.25, -0.2) is 0 Å². The quantitative estimate of drug-likeness (QED) is 0.759. The van der Waals surface area contributed by atoms with Crippen LogP contribution >= 0.6 is 11.6 Å². The summed E-state index contributed by atoms with van der Waals surface area (Å²) in [5, 5.41) is 6.82. The minimum absolute atomic E-state index is 0.0493. The summed E-state index contributed by atoms with van der Waals surface area (Å²) < 4.78 is 0. The van der Waals surface area contributed by atoms with E-state index in [0.29, 0.717) is 6.54 Å². The van der Waals surface area contributed by atoms with Gasteiger partial charge < -0.3 is 5.32 Å². The van der Waals surface area contributed by atoms with Gasteiger partial charge in [0.2, 0.25) is 5.91 Å². The zero-order valence-electron chi connectivity index (χ0n) is 8.46. The van der Waals surface area contributed by atoms with Gasteiger partial charge in [0.15, 0.2) is 0 Å².